The number of nitrogens with one attached hydrogen (secondary N) is 2. The summed E-state index contributed by atoms with van der Waals surface area (Å²) in [6, 6.07) is 4.69. The van der Waals surface area contributed by atoms with Gasteiger partial charge in [-0.1, -0.05) is 0 Å². The first-order valence-electron chi connectivity index (χ1n) is 6.82. The molecule has 1 aromatic carbocycles. The van der Waals surface area contributed by atoms with Gasteiger partial charge in [-0.15, -0.1) is 0 Å². The Bertz CT molecular complexity index is 620. The first-order chi connectivity index (χ1) is 10.6. The van der Waals surface area contributed by atoms with E-state index in [2.05, 4.69) is 10.6 Å². The molecule has 116 valence electrons. The van der Waals surface area contributed by atoms with Crippen molar-refractivity contribution in [1.29, 1.82) is 5.26 Å². The number of amides is 1. The molecule has 2 rings (SSSR count). The molecule has 1 aliphatic heterocycles. The van der Waals surface area contributed by atoms with Gasteiger partial charge in [-0.3, -0.25) is 4.79 Å². The molecule has 1 atom stereocenters. The van der Waals surface area contributed by atoms with Crippen LogP contribution in [-0.2, 0) is 9.53 Å². The Morgan fingerprint density at radius 3 is 2.95 bits per heavy atom. The van der Waals surface area contributed by atoms with Crippen LogP contribution in [0.3, 0.4) is 0 Å². The molecule has 1 unspecified atom stereocenters. The van der Waals surface area contributed by atoms with Crippen LogP contribution in [-0.4, -0.2) is 25.2 Å². The number of ether oxygens (including phenoxy) is 1. The summed E-state index contributed by atoms with van der Waals surface area (Å²) in [6.45, 7) is 0.996. The van der Waals surface area contributed by atoms with Crippen molar-refractivity contribution in [1.82, 2.24) is 5.32 Å². The van der Waals surface area contributed by atoms with Crippen LogP contribution >= 0.6 is 0 Å². The Morgan fingerprint density at radius 2 is 2.32 bits per heavy atom. The quantitative estimate of drug-likeness (QED) is 0.645. The highest BCUT2D eigenvalue weighted by molar-refractivity contribution is 5.97. The third-order valence-corrected chi connectivity index (χ3v) is 3.18. The van der Waals surface area contributed by atoms with Gasteiger partial charge in [-0.2, -0.15) is 5.26 Å². The van der Waals surface area contributed by atoms with E-state index < -0.39 is 17.5 Å². The number of hydrogen-bond donors (Lipinski definition) is 2. The number of nitriles is 1. The maximum atomic E-state index is 13.4. The maximum absolute atomic E-state index is 13.4. The van der Waals surface area contributed by atoms with Gasteiger partial charge in [0, 0.05) is 25.4 Å². The SMILES string of the molecule is N#C/C(=C/Nc1ccc(F)cc1F)C(=O)NCC1CCCO1. The minimum absolute atomic E-state index is 0.0268. The number of carbonyl (C=O) groups excluding carboxylic acids is 1. The van der Waals surface area contributed by atoms with Gasteiger partial charge in [-0.05, 0) is 25.0 Å². The van der Waals surface area contributed by atoms with E-state index in [1.165, 1.54) is 6.07 Å². The molecule has 0 radical (unpaired) electrons. The summed E-state index contributed by atoms with van der Waals surface area (Å²) in [5.41, 5.74) is -0.234. The molecule has 22 heavy (non-hydrogen) atoms. The second-order valence-electron chi connectivity index (χ2n) is 4.78. The van der Waals surface area contributed by atoms with Gasteiger partial charge in [0.25, 0.3) is 5.91 Å². The average Bonchev–Trinajstić information content (AvgIpc) is 3.01. The van der Waals surface area contributed by atoms with E-state index in [4.69, 9.17) is 10.00 Å². The summed E-state index contributed by atoms with van der Waals surface area (Å²) < 4.78 is 31.6. The largest absolute Gasteiger partial charge is 0.376 e. The van der Waals surface area contributed by atoms with Crippen LogP contribution in [0.2, 0.25) is 0 Å². The van der Waals surface area contributed by atoms with Gasteiger partial charge >= 0.3 is 0 Å². The summed E-state index contributed by atoms with van der Waals surface area (Å²) in [7, 11) is 0. The average molecular weight is 307 g/mol. The van der Waals surface area contributed by atoms with Gasteiger partial charge in [0.15, 0.2) is 0 Å². The lowest BCUT2D eigenvalue weighted by Crippen LogP contribution is -2.32. The molecule has 0 spiro atoms. The standard InChI is InChI=1S/C15H15F2N3O2/c16-11-3-4-14(13(17)6-11)19-8-10(7-18)15(21)20-9-12-2-1-5-22-12/h3-4,6,8,12,19H,1-2,5,9H2,(H,20,21)/b10-8-. The zero-order valence-corrected chi connectivity index (χ0v) is 11.7. The fourth-order valence-electron chi connectivity index (χ4n) is 2.01. The van der Waals surface area contributed by atoms with Gasteiger partial charge < -0.3 is 15.4 Å². The monoisotopic (exact) mass is 307 g/mol. The van der Waals surface area contributed by atoms with Crippen LogP contribution in [0.5, 0.6) is 0 Å². The number of rotatable bonds is 5. The zero-order valence-electron chi connectivity index (χ0n) is 11.7. The molecule has 0 bridgehead atoms. The van der Waals surface area contributed by atoms with Gasteiger partial charge in [0.2, 0.25) is 0 Å². The highest BCUT2D eigenvalue weighted by Crippen LogP contribution is 2.15. The van der Waals surface area contributed by atoms with Crippen molar-refractivity contribution >= 4 is 11.6 Å². The minimum Gasteiger partial charge on any atom is -0.376 e. The lowest BCUT2D eigenvalue weighted by molar-refractivity contribution is -0.117. The Kier molecular flexibility index (Phi) is 5.44. The van der Waals surface area contributed by atoms with Crippen LogP contribution in [0.25, 0.3) is 0 Å². The molecule has 1 fully saturated rings. The minimum atomic E-state index is -0.812. The molecule has 1 saturated heterocycles. The first-order valence-corrected chi connectivity index (χ1v) is 6.82. The van der Waals surface area contributed by atoms with Gasteiger partial charge in [-0.25, -0.2) is 8.78 Å². The molecule has 1 heterocycles. The normalized spacial score (nSPS) is 17.9. The third kappa shape index (κ3) is 4.27. The number of anilines is 1. The van der Waals surface area contributed by atoms with Crippen molar-refractivity contribution in [3.8, 4) is 6.07 Å². The van der Waals surface area contributed by atoms with Crippen LogP contribution < -0.4 is 10.6 Å². The lowest BCUT2D eigenvalue weighted by Gasteiger charge is -2.10. The maximum Gasteiger partial charge on any atom is 0.263 e. The second-order valence-corrected chi connectivity index (χ2v) is 4.78. The molecule has 1 amide bonds. The van der Waals surface area contributed by atoms with E-state index in [1.54, 1.807) is 6.07 Å². The lowest BCUT2D eigenvalue weighted by atomic mass is 10.2. The molecule has 0 saturated carbocycles. The fourth-order valence-corrected chi connectivity index (χ4v) is 2.01. The molecule has 2 N–H and O–H groups in total. The van der Waals surface area contributed by atoms with Crippen LogP contribution in [0.15, 0.2) is 30.0 Å². The van der Waals surface area contributed by atoms with Crippen molar-refractivity contribution in [2.24, 2.45) is 0 Å². The summed E-state index contributed by atoms with van der Waals surface area (Å²) in [5.74, 6) is -2.09. The van der Waals surface area contributed by atoms with Crippen molar-refractivity contribution in [2.45, 2.75) is 18.9 Å². The smallest absolute Gasteiger partial charge is 0.263 e. The van der Waals surface area contributed by atoms with E-state index in [1.807, 2.05) is 0 Å². The molecule has 0 aromatic heterocycles. The predicted molar refractivity (Wildman–Crippen MR) is 75.7 cm³/mol. The van der Waals surface area contributed by atoms with Crippen molar-refractivity contribution in [3.63, 3.8) is 0 Å². The zero-order chi connectivity index (χ0) is 15.9. The Labute approximate surface area is 126 Å². The second kappa shape index (κ2) is 7.52. The number of carbonyl (C=O) groups is 1. The summed E-state index contributed by atoms with van der Waals surface area (Å²) in [6.07, 6.45) is 2.87. The Balaban J connectivity index is 1.94. The molecule has 7 heteroatoms. The van der Waals surface area contributed by atoms with E-state index in [-0.39, 0.29) is 17.4 Å². The summed E-state index contributed by atoms with van der Waals surface area (Å²) in [4.78, 5) is 11.8. The predicted octanol–water partition coefficient (Wildman–Crippen LogP) is 2.08. The number of hydrogen-bond acceptors (Lipinski definition) is 4. The van der Waals surface area contributed by atoms with Crippen molar-refractivity contribution in [2.75, 3.05) is 18.5 Å². The van der Waals surface area contributed by atoms with Gasteiger partial charge in [0.1, 0.15) is 23.3 Å². The first kappa shape index (κ1) is 15.9. The van der Waals surface area contributed by atoms with E-state index in [0.717, 1.165) is 25.1 Å². The fraction of sp³-hybridized carbons (Fsp3) is 0.333. The topological polar surface area (TPSA) is 74.2 Å². The highest BCUT2D eigenvalue weighted by Gasteiger charge is 2.17. The van der Waals surface area contributed by atoms with E-state index in [0.29, 0.717) is 19.2 Å². The summed E-state index contributed by atoms with van der Waals surface area (Å²) >= 11 is 0. The van der Waals surface area contributed by atoms with Crippen molar-refractivity contribution in [3.05, 3.63) is 41.6 Å². The van der Waals surface area contributed by atoms with Crippen LogP contribution in [0, 0.1) is 23.0 Å². The Hall–Kier alpha value is -2.46. The molecule has 5 nitrogen and oxygen atoms in total. The molecular formula is C15H15F2N3O2. The van der Waals surface area contributed by atoms with Crippen LogP contribution in [0.1, 0.15) is 12.8 Å². The van der Waals surface area contributed by atoms with Gasteiger partial charge in [0.05, 0.1) is 11.8 Å². The third-order valence-electron chi connectivity index (χ3n) is 3.18. The number of benzene rings is 1. The summed E-state index contributed by atoms with van der Waals surface area (Å²) in [5, 5.41) is 14.0. The molecule has 1 aliphatic rings. The molecule has 0 aliphatic carbocycles. The van der Waals surface area contributed by atoms with Crippen molar-refractivity contribution < 1.29 is 18.3 Å². The van der Waals surface area contributed by atoms with E-state index >= 15 is 0 Å². The number of halogens is 2. The highest BCUT2D eigenvalue weighted by atomic mass is 19.1. The van der Waals surface area contributed by atoms with E-state index in [9.17, 15) is 13.6 Å². The molecular weight excluding hydrogens is 292 g/mol. The molecule has 1 aromatic rings. The number of nitrogens with zero attached hydrogens (tertiary/aromatic N) is 1. The Morgan fingerprint density at radius 1 is 1.50 bits per heavy atom. The van der Waals surface area contributed by atoms with Crippen LogP contribution in [0.4, 0.5) is 14.5 Å².